The first-order valence-electron chi connectivity index (χ1n) is 6.63. The molecule has 1 heteroatoms. The van der Waals surface area contributed by atoms with Crippen LogP contribution in [0, 0.1) is 17.4 Å². The van der Waals surface area contributed by atoms with Gasteiger partial charge in [-0.1, -0.05) is 39.3 Å². The zero-order chi connectivity index (χ0) is 12.9. The summed E-state index contributed by atoms with van der Waals surface area (Å²) in [6.45, 7) is 11.5. The molecule has 0 heterocycles. The Morgan fingerprint density at radius 1 is 1.39 bits per heavy atom. The maximum absolute atomic E-state index is 3.33. The van der Waals surface area contributed by atoms with Crippen LogP contribution >= 0.6 is 0 Å². The van der Waals surface area contributed by atoms with Crippen LogP contribution in [-0.2, 0) is 39.1 Å². The largest absolute Gasteiger partial charge is 0.180 e. The first kappa shape index (κ1) is 18.1. The molecule has 1 rings (SSSR count). The minimum absolute atomic E-state index is 0. The third-order valence-electron chi connectivity index (χ3n) is 4.09. The predicted molar refractivity (Wildman–Crippen MR) is 76.0 cm³/mol. The van der Waals surface area contributed by atoms with Gasteiger partial charge < -0.3 is 0 Å². The van der Waals surface area contributed by atoms with Crippen LogP contribution in [0.15, 0.2) is 35.9 Å². The van der Waals surface area contributed by atoms with E-state index >= 15 is 0 Å². The van der Waals surface area contributed by atoms with Gasteiger partial charge in [0.25, 0.3) is 0 Å². The van der Waals surface area contributed by atoms with Crippen LogP contribution in [0.1, 0.15) is 46.6 Å². The van der Waals surface area contributed by atoms with Crippen LogP contribution in [0.25, 0.3) is 0 Å². The molecule has 0 amide bonds. The van der Waals surface area contributed by atoms with Crippen molar-refractivity contribution in [2.24, 2.45) is 11.3 Å². The van der Waals surface area contributed by atoms with Gasteiger partial charge >= 0.3 is 0 Å². The van der Waals surface area contributed by atoms with Crippen molar-refractivity contribution in [3.63, 3.8) is 0 Å². The monoisotopic (exact) mass is 318 g/mol. The first-order chi connectivity index (χ1) is 8.02. The van der Waals surface area contributed by atoms with Crippen LogP contribution in [0.2, 0.25) is 0 Å². The van der Waals surface area contributed by atoms with E-state index in [9.17, 15) is 0 Å². The van der Waals surface area contributed by atoms with Gasteiger partial charge in [-0.3, -0.25) is 0 Å². The third-order valence-corrected chi connectivity index (χ3v) is 4.09. The number of allylic oxidation sites excluding steroid dienone is 2. The Kier molecular flexibility index (Phi) is 8.31. The van der Waals surface area contributed by atoms with Crippen molar-refractivity contribution in [1.82, 2.24) is 0 Å². The molecule has 1 radical (unpaired) electrons. The van der Waals surface area contributed by atoms with Crippen molar-refractivity contribution in [1.29, 1.82) is 0 Å². The molecule has 0 spiro atoms. The van der Waals surface area contributed by atoms with E-state index in [1.165, 1.54) is 5.56 Å². The van der Waals surface area contributed by atoms with Crippen molar-refractivity contribution in [3.05, 3.63) is 47.5 Å². The molecule has 0 N–H and O–H groups in total. The minimum Gasteiger partial charge on any atom is -0.180 e. The van der Waals surface area contributed by atoms with Crippen molar-refractivity contribution in [3.8, 4) is 0 Å². The van der Waals surface area contributed by atoms with Gasteiger partial charge in [0, 0.05) is 32.7 Å². The van der Waals surface area contributed by atoms with Crippen LogP contribution in [0.5, 0.6) is 0 Å². The molecule has 97 valence electrons. The van der Waals surface area contributed by atoms with E-state index in [4.69, 9.17) is 0 Å². The molecule has 0 nitrogen and oxygen atoms in total. The normalized spacial score (nSPS) is 13.9. The summed E-state index contributed by atoms with van der Waals surface area (Å²) >= 11 is 0. The first-order valence-corrected chi connectivity index (χ1v) is 6.63. The zero-order valence-electron chi connectivity index (χ0n) is 12.5. The summed E-state index contributed by atoms with van der Waals surface area (Å²) in [6.07, 6.45) is 4.53. The molecule has 0 aliphatic heterocycles. The van der Waals surface area contributed by atoms with Crippen LogP contribution in [0.4, 0.5) is 0 Å². The van der Waals surface area contributed by atoms with Crippen molar-refractivity contribution in [2.45, 2.75) is 47.5 Å². The maximum atomic E-state index is 3.33. The Balaban J connectivity index is 0.00000289. The second-order valence-electron chi connectivity index (χ2n) is 5.38. The topological polar surface area (TPSA) is 0 Å². The Morgan fingerprint density at radius 2 is 2.06 bits per heavy atom. The number of hydrogen-bond donors (Lipinski definition) is 0. The fourth-order valence-corrected chi connectivity index (χ4v) is 2.49. The molecule has 0 aliphatic carbocycles. The summed E-state index contributed by atoms with van der Waals surface area (Å²) in [5.41, 5.74) is 3.15. The summed E-state index contributed by atoms with van der Waals surface area (Å²) in [6, 6.07) is 11.6. The average molecular weight is 318 g/mol. The van der Waals surface area contributed by atoms with E-state index in [1.807, 2.05) is 12.1 Å². The maximum Gasteiger partial charge on any atom is 0 e. The standard InChI is InChI=1S/C17H25.Y/c1-6-16(7-2)17(4,5)14(3)13-15-11-9-8-10-12-15;/h6,8-11,14H,7,13H2,1-5H3;/q-1;/b16-6+;. The van der Waals surface area contributed by atoms with E-state index in [2.05, 4.69) is 58.9 Å². The molecule has 0 saturated carbocycles. The number of hydrogen-bond acceptors (Lipinski definition) is 0. The molecular formula is C17H25Y-. The van der Waals surface area contributed by atoms with E-state index in [0.29, 0.717) is 5.92 Å². The summed E-state index contributed by atoms with van der Waals surface area (Å²) in [5.74, 6) is 0.632. The van der Waals surface area contributed by atoms with E-state index in [0.717, 1.165) is 12.8 Å². The van der Waals surface area contributed by atoms with Gasteiger partial charge in [0.05, 0.1) is 0 Å². The number of benzene rings is 1. The smallest absolute Gasteiger partial charge is 0 e. The molecule has 18 heavy (non-hydrogen) atoms. The van der Waals surface area contributed by atoms with Gasteiger partial charge in [-0.15, -0.1) is 0 Å². The molecule has 0 bridgehead atoms. The van der Waals surface area contributed by atoms with Crippen molar-refractivity contribution in [2.75, 3.05) is 0 Å². The van der Waals surface area contributed by atoms with Gasteiger partial charge in [-0.25, -0.2) is 0 Å². The predicted octanol–water partition coefficient (Wildman–Crippen LogP) is 5.05. The fraction of sp³-hybridized carbons (Fsp3) is 0.529. The quantitative estimate of drug-likeness (QED) is 0.527. The molecule has 0 fully saturated rings. The summed E-state index contributed by atoms with van der Waals surface area (Å²) < 4.78 is 0. The van der Waals surface area contributed by atoms with Crippen molar-refractivity contribution >= 4 is 0 Å². The fourth-order valence-electron chi connectivity index (χ4n) is 2.49. The summed E-state index contributed by atoms with van der Waals surface area (Å²) in [4.78, 5) is 0. The van der Waals surface area contributed by atoms with Crippen LogP contribution in [0.3, 0.4) is 0 Å². The second kappa shape index (κ2) is 8.28. The Labute approximate surface area is 138 Å². The van der Waals surface area contributed by atoms with E-state index in [1.54, 1.807) is 5.57 Å². The number of rotatable bonds is 5. The van der Waals surface area contributed by atoms with Gasteiger partial charge in [0.15, 0.2) is 0 Å². The van der Waals surface area contributed by atoms with Crippen molar-refractivity contribution < 1.29 is 32.7 Å². The molecule has 1 aromatic carbocycles. The van der Waals surface area contributed by atoms with Gasteiger partial charge in [-0.2, -0.15) is 35.9 Å². The van der Waals surface area contributed by atoms with Gasteiger partial charge in [-0.05, 0) is 31.1 Å². The Morgan fingerprint density at radius 3 is 2.50 bits per heavy atom. The summed E-state index contributed by atoms with van der Waals surface area (Å²) in [7, 11) is 0. The molecular weight excluding hydrogens is 293 g/mol. The Bertz CT molecular complexity index is 362. The SMILES string of the molecule is C/C=C(\CC)C(C)(C)C(C)Cc1[c-]cccc1.[Y]. The molecule has 0 saturated heterocycles. The van der Waals surface area contributed by atoms with E-state index in [-0.39, 0.29) is 38.1 Å². The second-order valence-corrected chi connectivity index (χ2v) is 5.38. The van der Waals surface area contributed by atoms with Crippen LogP contribution < -0.4 is 0 Å². The van der Waals surface area contributed by atoms with Crippen LogP contribution in [-0.4, -0.2) is 0 Å². The molecule has 0 aliphatic rings. The Hall–Kier alpha value is 0.0639. The van der Waals surface area contributed by atoms with Gasteiger partial charge in [0.1, 0.15) is 0 Å². The summed E-state index contributed by atoms with van der Waals surface area (Å²) in [5, 5.41) is 0. The molecule has 1 atom stereocenters. The third kappa shape index (κ3) is 4.63. The zero-order valence-corrected chi connectivity index (χ0v) is 15.3. The molecule has 1 aromatic rings. The van der Waals surface area contributed by atoms with E-state index < -0.39 is 0 Å². The van der Waals surface area contributed by atoms with Gasteiger partial charge in [0.2, 0.25) is 0 Å². The molecule has 0 aromatic heterocycles. The minimum atomic E-state index is 0. The average Bonchev–Trinajstić information content (AvgIpc) is 2.31. The molecule has 1 unspecified atom stereocenters.